The first kappa shape index (κ1) is 26.5. The summed E-state index contributed by atoms with van der Waals surface area (Å²) in [5.74, 6) is -3.30. The number of ketones is 1. The van der Waals surface area contributed by atoms with Gasteiger partial charge in [-0.05, 0) is 56.5 Å². The largest absolute Gasteiger partial charge is 0.497 e. The number of allylic oxidation sites excluding steroid dienone is 3. The Hall–Kier alpha value is -3.58. The fourth-order valence-electron chi connectivity index (χ4n) is 5.22. The summed E-state index contributed by atoms with van der Waals surface area (Å²) in [7, 11) is 1.57. The number of halogens is 1. The van der Waals surface area contributed by atoms with E-state index in [0.717, 1.165) is 5.56 Å². The molecule has 0 unspecified atom stereocenters. The van der Waals surface area contributed by atoms with Crippen molar-refractivity contribution in [1.29, 1.82) is 0 Å². The van der Waals surface area contributed by atoms with Gasteiger partial charge in [-0.15, -0.1) is 0 Å². The zero-order valence-corrected chi connectivity index (χ0v) is 22.1. The number of carbonyl (C=O) groups is 3. The summed E-state index contributed by atoms with van der Waals surface area (Å²) in [4.78, 5) is 40.7. The van der Waals surface area contributed by atoms with E-state index >= 15 is 0 Å². The van der Waals surface area contributed by atoms with Gasteiger partial charge in [-0.3, -0.25) is 9.59 Å². The summed E-state index contributed by atoms with van der Waals surface area (Å²) >= 11 is 6.60. The van der Waals surface area contributed by atoms with Crippen molar-refractivity contribution < 1.29 is 28.6 Å². The number of Topliss-reactive ketones (excluding diaryl/α,β-unsaturated/α-hetero) is 1. The fraction of sp³-hybridized carbons (Fsp3) is 0.345. The third-order valence-electron chi connectivity index (χ3n) is 6.79. The number of benzene rings is 2. The quantitative estimate of drug-likeness (QED) is 0.400. The van der Waals surface area contributed by atoms with Gasteiger partial charge < -0.3 is 19.5 Å². The number of methoxy groups -OCH3 is 1. The molecular formula is C29H30ClNO6. The lowest BCUT2D eigenvalue weighted by Crippen LogP contribution is -2.43. The maximum atomic E-state index is 14.3. The number of carbonyl (C=O) groups excluding carboxylic acids is 3. The average molecular weight is 524 g/mol. The molecule has 194 valence electrons. The molecule has 2 aromatic carbocycles. The van der Waals surface area contributed by atoms with Crippen LogP contribution >= 0.6 is 11.6 Å². The smallest absolute Gasteiger partial charge is 0.336 e. The van der Waals surface area contributed by atoms with Crippen LogP contribution in [-0.2, 0) is 23.9 Å². The molecule has 0 saturated carbocycles. The molecular weight excluding hydrogens is 494 g/mol. The van der Waals surface area contributed by atoms with Crippen LogP contribution in [-0.4, -0.2) is 38.0 Å². The molecule has 0 saturated heterocycles. The van der Waals surface area contributed by atoms with Gasteiger partial charge in [0.2, 0.25) is 0 Å². The molecule has 0 fully saturated rings. The molecule has 2 aromatic rings. The standard InChI is InChI=1S/C29H30ClNO6/c1-5-36-28(33)23-16(3)31-22-15-20(17-10-9-11-18(14-17)35-4)25(29(34)37-6-2)27(32)26(22)24(23)19-12-7-8-13-21(19)30/h7-14,20,24-25,31H,5-6,15H2,1-4H3/t20-,24+,25+/m0/s1. The molecule has 0 radical (unpaired) electrons. The van der Waals surface area contributed by atoms with E-state index < -0.39 is 35.5 Å². The van der Waals surface area contributed by atoms with Crippen molar-refractivity contribution in [3.05, 3.63) is 87.2 Å². The minimum absolute atomic E-state index is 0.138. The summed E-state index contributed by atoms with van der Waals surface area (Å²) < 4.78 is 16.1. The normalized spacial score (nSPS) is 21.2. The van der Waals surface area contributed by atoms with Crippen molar-refractivity contribution in [1.82, 2.24) is 5.32 Å². The SMILES string of the molecule is CCOC(=O)C1=C(C)NC2=C(C(=O)[C@H](C(=O)OCC)[C@H](c3cccc(OC)c3)C2)[C@@H]1c1ccccc1Cl. The predicted octanol–water partition coefficient (Wildman–Crippen LogP) is 5.06. The lowest BCUT2D eigenvalue weighted by Gasteiger charge is -2.39. The van der Waals surface area contributed by atoms with Crippen LogP contribution in [0.3, 0.4) is 0 Å². The third-order valence-corrected chi connectivity index (χ3v) is 7.14. The zero-order chi connectivity index (χ0) is 26.7. The van der Waals surface area contributed by atoms with Gasteiger partial charge >= 0.3 is 11.9 Å². The van der Waals surface area contributed by atoms with Gasteiger partial charge in [-0.1, -0.05) is 41.9 Å². The number of dihydropyridines is 1. The Morgan fingerprint density at radius 2 is 1.78 bits per heavy atom. The molecule has 1 N–H and O–H groups in total. The monoisotopic (exact) mass is 523 g/mol. The number of rotatable bonds is 7. The van der Waals surface area contributed by atoms with Gasteiger partial charge in [0.1, 0.15) is 11.7 Å². The van der Waals surface area contributed by atoms with Crippen molar-refractivity contribution >= 4 is 29.3 Å². The van der Waals surface area contributed by atoms with Crippen LogP contribution in [0.15, 0.2) is 71.1 Å². The molecule has 0 spiro atoms. The second-order valence-corrected chi connectivity index (χ2v) is 9.32. The first-order chi connectivity index (χ1) is 17.8. The van der Waals surface area contributed by atoms with E-state index in [1.54, 1.807) is 52.1 Å². The van der Waals surface area contributed by atoms with E-state index in [9.17, 15) is 14.4 Å². The van der Waals surface area contributed by atoms with Gasteiger partial charge in [0, 0.05) is 33.8 Å². The molecule has 1 aliphatic carbocycles. The Morgan fingerprint density at radius 1 is 1.05 bits per heavy atom. The van der Waals surface area contributed by atoms with Crippen molar-refractivity contribution in [3.63, 3.8) is 0 Å². The highest BCUT2D eigenvalue weighted by molar-refractivity contribution is 6.31. The molecule has 8 heteroatoms. The fourth-order valence-corrected chi connectivity index (χ4v) is 5.47. The minimum atomic E-state index is -1.10. The lowest BCUT2D eigenvalue weighted by molar-refractivity contribution is -0.152. The molecule has 0 bridgehead atoms. The molecule has 37 heavy (non-hydrogen) atoms. The van der Waals surface area contributed by atoms with E-state index in [-0.39, 0.29) is 13.2 Å². The Kier molecular flexibility index (Phi) is 8.03. The zero-order valence-electron chi connectivity index (χ0n) is 21.3. The van der Waals surface area contributed by atoms with Crippen molar-refractivity contribution in [3.8, 4) is 5.75 Å². The van der Waals surface area contributed by atoms with Crippen LogP contribution in [0.4, 0.5) is 0 Å². The lowest BCUT2D eigenvalue weighted by atomic mass is 9.67. The molecule has 1 aliphatic heterocycles. The first-order valence-corrected chi connectivity index (χ1v) is 12.7. The summed E-state index contributed by atoms with van der Waals surface area (Å²) in [6.45, 7) is 5.52. The minimum Gasteiger partial charge on any atom is -0.497 e. The van der Waals surface area contributed by atoms with Crippen LogP contribution in [0, 0.1) is 5.92 Å². The number of hydrogen-bond acceptors (Lipinski definition) is 7. The Bertz CT molecular complexity index is 1300. The number of nitrogens with one attached hydrogen (secondary N) is 1. The van der Waals surface area contributed by atoms with Gasteiger partial charge in [0.25, 0.3) is 0 Å². The number of hydrogen-bond donors (Lipinski definition) is 1. The van der Waals surface area contributed by atoms with Crippen LogP contribution < -0.4 is 10.1 Å². The van der Waals surface area contributed by atoms with Crippen LogP contribution in [0.2, 0.25) is 5.02 Å². The van der Waals surface area contributed by atoms with Gasteiger partial charge in [-0.25, -0.2) is 4.79 Å². The molecule has 0 amide bonds. The predicted molar refractivity (Wildman–Crippen MR) is 139 cm³/mol. The van der Waals surface area contributed by atoms with Crippen molar-refractivity contribution in [2.24, 2.45) is 5.92 Å². The highest BCUT2D eigenvalue weighted by Crippen LogP contribution is 2.49. The molecule has 0 aromatic heterocycles. The van der Waals surface area contributed by atoms with Crippen molar-refractivity contribution in [2.75, 3.05) is 20.3 Å². The first-order valence-electron chi connectivity index (χ1n) is 12.3. The van der Waals surface area contributed by atoms with E-state index in [1.165, 1.54) is 0 Å². The summed E-state index contributed by atoms with van der Waals surface area (Å²) in [6.07, 6.45) is 0.353. The molecule has 7 nitrogen and oxygen atoms in total. The van der Waals surface area contributed by atoms with Gasteiger partial charge in [-0.2, -0.15) is 0 Å². The van der Waals surface area contributed by atoms with Crippen LogP contribution in [0.5, 0.6) is 5.75 Å². The Morgan fingerprint density at radius 3 is 2.46 bits per heavy atom. The Balaban J connectivity index is 1.91. The topological polar surface area (TPSA) is 90.9 Å². The Labute approximate surface area is 221 Å². The maximum absolute atomic E-state index is 14.3. The van der Waals surface area contributed by atoms with Crippen LogP contribution in [0.1, 0.15) is 50.2 Å². The molecule has 2 aliphatic rings. The van der Waals surface area contributed by atoms with Crippen LogP contribution in [0.25, 0.3) is 0 Å². The highest BCUT2D eigenvalue weighted by atomic mass is 35.5. The highest BCUT2D eigenvalue weighted by Gasteiger charge is 2.49. The second kappa shape index (κ2) is 11.2. The molecule has 4 rings (SSSR count). The number of ether oxygens (including phenoxy) is 3. The number of esters is 2. The van der Waals surface area contributed by atoms with Gasteiger partial charge in [0.05, 0.1) is 25.9 Å². The van der Waals surface area contributed by atoms with Crippen molar-refractivity contribution in [2.45, 2.75) is 39.0 Å². The molecule has 1 heterocycles. The summed E-state index contributed by atoms with van der Waals surface area (Å²) in [5, 5.41) is 3.70. The summed E-state index contributed by atoms with van der Waals surface area (Å²) in [5.41, 5.74) is 3.23. The molecule has 3 atom stereocenters. The third kappa shape index (κ3) is 5.01. The maximum Gasteiger partial charge on any atom is 0.336 e. The average Bonchev–Trinajstić information content (AvgIpc) is 2.88. The van der Waals surface area contributed by atoms with E-state index in [4.69, 9.17) is 25.8 Å². The van der Waals surface area contributed by atoms with E-state index in [1.807, 2.05) is 24.3 Å². The van der Waals surface area contributed by atoms with E-state index in [2.05, 4.69) is 5.32 Å². The summed E-state index contributed by atoms with van der Waals surface area (Å²) in [6, 6.07) is 14.4. The van der Waals surface area contributed by atoms with E-state index in [0.29, 0.717) is 45.3 Å². The second-order valence-electron chi connectivity index (χ2n) is 8.91. The van der Waals surface area contributed by atoms with Gasteiger partial charge in [0.15, 0.2) is 5.78 Å².